The highest BCUT2D eigenvalue weighted by atomic mass is 32.2. The predicted octanol–water partition coefficient (Wildman–Crippen LogP) is 7.91. The van der Waals surface area contributed by atoms with Gasteiger partial charge in [-0.05, 0) is 149 Å². The summed E-state index contributed by atoms with van der Waals surface area (Å²) < 4.78 is 134. The van der Waals surface area contributed by atoms with E-state index in [1.165, 1.54) is 50.7 Å². The van der Waals surface area contributed by atoms with Crippen LogP contribution in [0.15, 0.2) is 58.3 Å². The van der Waals surface area contributed by atoms with Crippen molar-refractivity contribution in [1.82, 2.24) is 9.44 Å². The Labute approximate surface area is 277 Å². The van der Waals surface area contributed by atoms with Crippen LogP contribution in [0.5, 0.6) is 0 Å². The minimum Gasteiger partial charge on any atom is -0.207 e. The van der Waals surface area contributed by atoms with Gasteiger partial charge >= 0.3 is 12.4 Å². The van der Waals surface area contributed by atoms with Gasteiger partial charge in [0, 0.05) is 11.1 Å². The summed E-state index contributed by atoms with van der Waals surface area (Å²) in [7, 11) is -7.91. The zero-order valence-corrected chi connectivity index (χ0v) is 27.9. The number of halogens is 6. The topological polar surface area (TPSA) is 92.3 Å². The molecule has 0 unspecified atom stereocenters. The highest BCUT2D eigenvalue weighted by Gasteiger charge is 2.54. The van der Waals surface area contributed by atoms with Gasteiger partial charge in [-0.1, -0.05) is 12.1 Å². The summed E-state index contributed by atoms with van der Waals surface area (Å²) in [6, 6.07) is 8.00. The van der Waals surface area contributed by atoms with Gasteiger partial charge in [-0.3, -0.25) is 0 Å². The molecule has 0 amide bonds. The molecular weight excluding hydrogens is 679 g/mol. The smallest absolute Gasteiger partial charge is 0.207 e. The fraction of sp³-hybridized carbons (Fsp3) is 0.647. The van der Waals surface area contributed by atoms with Gasteiger partial charge in [0.15, 0.2) is 0 Å². The Balaban J connectivity index is 0.000000152. The summed E-state index contributed by atoms with van der Waals surface area (Å²) in [5, 5.41) is 0. The molecule has 8 fully saturated rings. The number of sulfonamides is 2. The second-order valence-electron chi connectivity index (χ2n) is 15.7. The van der Waals surface area contributed by atoms with E-state index in [0.29, 0.717) is 35.5 Å². The molecule has 8 bridgehead atoms. The maximum Gasteiger partial charge on any atom is 0.416 e. The molecule has 0 atom stereocenters. The highest BCUT2D eigenvalue weighted by Crippen LogP contribution is 2.57. The standard InChI is InChI=1S/2C17H20F3NO2S/c2*18-17(19,20)14-2-1-3-15(7-14)24(22,23)21-16-8-11-4-12(9-16)6-13(5-11)10-16/h2*1-3,7,11-13,21H,4-6,8-10H2. The fourth-order valence-electron chi connectivity index (χ4n) is 10.8. The lowest BCUT2D eigenvalue weighted by atomic mass is 9.53. The molecule has 10 rings (SSSR count). The van der Waals surface area contributed by atoms with Crippen molar-refractivity contribution in [2.24, 2.45) is 35.5 Å². The third-order valence-electron chi connectivity index (χ3n) is 11.7. The van der Waals surface area contributed by atoms with Crippen LogP contribution < -0.4 is 9.44 Å². The van der Waals surface area contributed by atoms with E-state index in [0.717, 1.165) is 74.9 Å². The molecule has 48 heavy (non-hydrogen) atoms. The Bertz CT molecular complexity index is 1570. The molecule has 0 saturated heterocycles. The van der Waals surface area contributed by atoms with Crippen LogP contribution in [0.3, 0.4) is 0 Å². The lowest BCUT2D eigenvalue weighted by Gasteiger charge is -2.56. The summed E-state index contributed by atoms with van der Waals surface area (Å²) in [6.45, 7) is 0. The van der Waals surface area contributed by atoms with Gasteiger partial charge in [0.1, 0.15) is 0 Å². The van der Waals surface area contributed by atoms with E-state index in [4.69, 9.17) is 0 Å². The minimum atomic E-state index is -4.55. The second kappa shape index (κ2) is 11.7. The Morgan fingerprint density at radius 1 is 0.500 bits per heavy atom. The molecule has 2 aromatic rings. The summed E-state index contributed by atoms with van der Waals surface area (Å²) in [5.74, 6) is 3.34. The number of rotatable bonds is 6. The van der Waals surface area contributed by atoms with Crippen LogP contribution in [0.2, 0.25) is 0 Å². The fourth-order valence-corrected chi connectivity index (χ4v) is 13.8. The zero-order valence-electron chi connectivity index (χ0n) is 26.3. The normalized spacial score (nSPS) is 35.4. The summed E-state index contributed by atoms with van der Waals surface area (Å²) in [5.41, 5.74) is -2.78. The van der Waals surface area contributed by atoms with Crippen LogP contribution in [-0.4, -0.2) is 27.9 Å². The third kappa shape index (κ3) is 6.92. The summed E-state index contributed by atoms with van der Waals surface area (Å²) in [4.78, 5) is -0.596. The van der Waals surface area contributed by atoms with Crippen molar-refractivity contribution in [1.29, 1.82) is 0 Å². The zero-order chi connectivity index (χ0) is 34.3. The highest BCUT2D eigenvalue weighted by molar-refractivity contribution is 7.89. The average Bonchev–Trinajstić information content (AvgIpc) is 2.94. The van der Waals surface area contributed by atoms with Crippen LogP contribution in [-0.2, 0) is 32.4 Å². The van der Waals surface area contributed by atoms with E-state index < -0.39 is 54.6 Å². The Hall–Kier alpha value is -2.16. The Morgan fingerprint density at radius 2 is 0.771 bits per heavy atom. The molecule has 6 nitrogen and oxygen atoms in total. The van der Waals surface area contributed by atoms with E-state index in [-0.39, 0.29) is 9.79 Å². The number of hydrogen-bond acceptors (Lipinski definition) is 4. The lowest BCUT2D eigenvalue weighted by Crippen LogP contribution is -2.59. The van der Waals surface area contributed by atoms with Gasteiger partial charge in [-0.2, -0.15) is 26.3 Å². The van der Waals surface area contributed by atoms with Crippen LogP contribution >= 0.6 is 0 Å². The molecule has 0 radical (unpaired) electrons. The van der Waals surface area contributed by atoms with Crippen LogP contribution in [0.25, 0.3) is 0 Å². The van der Waals surface area contributed by atoms with Crippen LogP contribution in [0, 0.1) is 35.5 Å². The van der Waals surface area contributed by atoms with Crippen molar-refractivity contribution in [3.05, 3.63) is 59.7 Å². The van der Waals surface area contributed by atoms with E-state index in [1.54, 1.807) is 0 Å². The molecule has 2 aromatic carbocycles. The Kier molecular flexibility index (Phi) is 8.36. The molecule has 8 saturated carbocycles. The van der Waals surface area contributed by atoms with Crippen LogP contribution in [0.4, 0.5) is 26.3 Å². The molecule has 0 heterocycles. The van der Waals surface area contributed by atoms with Crippen molar-refractivity contribution in [2.75, 3.05) is 0 Å². The quantitative estimate of drug-likeness (QED) is 0.297. The second-order valence-corrected chi connectivity index (χ2v) is 19.0. The van der Waals surface area contributed by atoms with Gasteiger partial charge < -0.3 is 0 Å². The van der Waals surface area contributed by atoms with Crippen molar-refractivity contribution < 1.29 is 43.2 Å². The lowest BCUT2D eigenvalue weighted by molar-refractivity contribution is -0.138. The van der Waals surface area contributed by atoms with Crippen molar-refractivity contribution in [3.63, 3.8) is 0 Å². The van der Waals surface area contributed by atoms with Gasteiger partial charge in [0.2, 0.25) is 20.0 Å². The van der Waals surface area contributed by atoms with E-state index in [1.807, 2.05) is 0 Å². The molecule has 0 spiro atoms. The molecular formula is C34H40F6N2O4S2. The number of benzene rings is 2. The number of hydrogen-bond donors (Lipinski definition) is 2. The monoisotopic (exact) mass is 718 g/mol. The maximum absolute atomic E-state index is 12.9. The van der Waals surface area contributed by atoms with Gasteiger partial charge in [-0.15, -0.1) is 0 Å². The summed E-state index contributed by atoms with van der Waals surface area (Å²) in [6.07, 6.45) is 2.83. The summed E-state index contributed by atoms with van der Waals surface area (Å²) >= 11 is 0. The Morgan fingerprint density at radius 3 is 1.02 bits per heavy atom. The van der Waals surface area contributed by atoms with E-state index in [9.17, 15) is 43.2 Å². The molecule has 8 aliphatic rings. The first-order valence-electron chi connectivity index (χ1n) is 16.7. The van der Waals surface area contributed by atoms with Crippen molar-refractivity contribution >= 4 is 20.0 Å². The van der Waals surface area contributed by atoms with E-state index in [2.05, 4.69) is 9.44 Å². The molecule has 8 aliphatic carbocycles. The largest absolute Gasteiger partial charge is 0.416 e. The molecule has 264 valence electrons. The van der Waals surface area contributed by atoms with Gasteiger partial charge in [-0.25, -0.2) is 26.3 Å². The first kappa shape index (κ1) is 34.3. The van der Waals surface area contributed by atoms with Crippen LogP contribution in [0.1, 0.15) is 88.2 Å². The third-order valence-corrected chi connectivity index (χ3v) is 14.9. The average molecular weight is 719 g/mol. The van der Waals surface area contributed by atoms with Gasteiger partial charge in [0.25, 0.3) is 0 Å². The van der Waals surface area contributed by atoms with Gasteiger partial charge in [0.05, 0.1) is 20.9 Å². The molecule has 0 aromatic heterocycles. The number of alkyl halides is 6. The molecule has 14 heteroatoms. The maximum atomic E-state index is 12.9. The number of nitrogens with one attached hydrogen (secondary N) is 2. The van der Waals surface area contributed by atoms with E-state index >= 15 is 0 Å². The SMILES string of the molecule is O=S(=O)(NC12CC3CC(CC(C3)C1)C2)c1cccc(C(F)(F)F)c1.O=S(=O)(NC12CC3CC(CC(C3)C1)C2)c1cccc(C(F)(F)F)c1. The predicted molar refractivity (Wildman–Crippen MR) is 165 cm³/mol. The molecule has 2 N–H and O–H groups in total. The minimum absolute atomic E-state index is 0.298. The van der Waals surface area contributed by atoms with Crippen molar-refractivity contribution in [3.8, 4) is 0 Å². The first-order valence-corrected chi connectivity index (χ1v) is 19.7. The first-order chi connectivity index (χ1) is 22.3. The van der Waals surface area contributed by atoms with Crippen molar-refractivity contribution in [2.45, 2.75) is 110 Å². The molecule has 0 aliphatic heterocycles.